The van der Waals surface area contributed by atoms with Crippen molar-refractivity contribution in [2.45, 2.75) is 20.3 Å². The van der Waals surface area contributed by atoms with Gasteiger partial charge in [-0.3, -0.25) is 9.69 Å². The number of amides is 1. The van der Waals surface area contributed by atoms with Crippen molar-refractivity contribution < 1.29 is 14.3 Å². The molecule has 6 heteroatoms. The van der Waals surface area contributed by atoms with Crippen LogP contribution in [-0.2, 0) is 4.79 Å². The van der Waals surface area contributed by atoms with Crippen LogP contribution in [0.25, 0.3) is 11.5 Å². The number of hydrogen-bond acceptors (Lipinski definition) is 5. The number of hydrogen-bond donors (Lipinski definition) is 1. The standard InChI is InChI=1S/C15H17N3O3/c1-9-3-4-12(10(2)5-9)14-16-17-15(21-14)18-7-11(8-19)6-13(18)20/h3-5,11,19H,6-8H2,1-2H3. The Labute approximate surface area is 122 Å². The van der Waals surface area contributed by atoms with Gasteiger partial charge in [-0.2, -0.15) is 0 Å². The zero-order valence-corrected chi connectivity index (χ0v) is 12.0. The third kappa shape index (κ3) is 2.54. The number of benzene rings is 1. The van der Waals surface area contributed by atoms with E-state index in [1.165, 1.54) is 4.90 Å². The molecule has 2 heterocycles. The van der Waals surface area contributed by atoms with Crippen molar-refractivity contribution in [1.82, 2.24) is 10.2 Å². The van der Waals surface area contributed by atoms with E-state index in [2.05, 4.69) is 10.2 Å². The van der Waals surface area contributed by atoms with Gasteiger partial charge in [0, 0.05) is 31.1 Å². The van der Waals surface area contributed by atoms with Crippen LogP contribution in [0, 0.1) is 19.8 Å². The molecule has 6 nitrogen and oxygen atoms in total. The molecule has 1 aromatic carbocycles. The first-order valence-corrected chi connectivity index (χ1v) is 6.91. The Morgan fingerprint density at radius 1 is 1.38 bits per heavy atom. The number of carbonyl (C=O) groups excluding carboxylic acids is 1. The minimum atomic E-state index is -0.0927. The van der Waals surface area contributed by atoms with Gasteiger partial charge >= 0.3 is 6.01 Å². The van der Waals surface area contributed by atoms with E-state index in [4.69, 9.17) is 9.52 Å². The number of aromatic nitrogens is 2. The van der Waals surface area contributed by atoms with Gasteiger partial charge < -0.3 is 9.52 Å². The fraction of sp³-hybridized carbons (Fsp3) is 0.400. The minimum absolute atomic E-state index is 0.0136. The zero-order valence-electron chi connectivity index (χ0n) is 12.0. The molecule has 1 N–H and O–H groups in total. The van der Waals surface area contributed by atoms with E-state index < -0.39 is 0 Å². The molecular formula is C15H17N3O3. The molecule has 2 aromatic rings. The van der Waals surface area contributed by atoms with Gasteiger partial charge in [0.05, 0.1) is 0 Å². The summed E-state index contributed by atoms with van der Waals surface area (Å²) in [5, 5.41) is 17.1. The van der Waals surface area contributed by atoms with Crippen molar-refractivity contribution in [2.24, 2.45) is 5.92 Å². The van der Waals surface area contributed by atoms with Gasteiger partial charge in [0.2, 0.25) is 11.8 Å². The average molecular weight is 287 g/mol. The van der Waals surface area contributed by atoms with Crippen LogP contribution in [-0.4, -0.2) is 34.4 Å². The molecule has 1 fully saturated rings. The van der Waals surface area contributed by atoms with Crippen LogP contribution in [0.3, 0.4) is 0 Å². The van der Waals surface area contributed by atoms with E-state index >= 15 is 0 Å². The summed E-state index contributed by atoms with van der Waals surface area (Å²) in [5.74, 6) is 0.251. The highest BCUT2D eigenvalue weighted by Gasteiger charge is 2.33. The summed E-state index contributed by atoms with van der Waals surface area (Å²) in [6.45, 7) is 4.41. The van der Waals surface area contributed by atoms with E-state index in [1.807, 2.05) is 32.0 Å². The van der Waals surface area contributed by atoms with E-state index in [1.54, 1.807) is 0 Å². The molecule has 1 aliphatic rings. The van der Waals surface area contributed by atoms with Gasteiger partial charge in [-0.25, -0.2) is 0 Å². The Balaban J connectivity index is 1.88. The van der Waals surface area contributed by atoms with Crippen LogP contribution in [0.1, 0.15) is 17.5 Å². The Morgan fingerprint density at radius 3 is 2.86 bits per heavy atom. The van der Waals surface area contributed by atoms with Gasteiger partial charge in [0.25, 0.3) is 0 Å². The molecule has 0 saturated carbocycles. The van der Waals surface area contributed by atoms with Gasteiger partial charge in [-0.1, -0.05) is 22.8 Å². The second kappa shape index (κ2) is 5.29. The maximum Gasteiger partial charge on any atom is 0.325 e. The second-order valence-corrected chi connectivity index (χ2v) is 5.47. The molecule has 0 aliphatic carbocycles. The summed E-state index contributed by atoms with van der Waals surface area (Å²) in [7, 11) is 0. The third-order valence-electron chi connectivity index (χ3n) is 3.72. The molecule has 1 atom stereocenters. The molecule has 1 saturated heterocycles. The van der Waals surface area contributed by atoms with Crippen molar-refractivity contribution in [2.75, 3.05) is 18.1 Å². The number of nitrogens with zero attached hydrogens (tertiary/aromatic N) is 3. The SMILES string of the molecule is Cc1ccc(-c2nnc(N3CC(CO)CC3=O)o2)c(C)c1. The topological polar surface area (TPSA) is 79.5 Å². The minimum Gasteiger partial charge on any atom is -0.403 e. The van der Waals surface area contributed by atoms with Crippen molar-refractivity contribution in [3.05, 3.63) is 29.3 Å². The predicted octanol–water partition coefficient (Wildman–Crippen LogP) is 1.70. The number of aliphatic hydroxyl groups excluding tert-OH is 1. The largest absolute Gasteiger partial charge is 0.403 e. The molecule has 0 spiro atoms. The average Bonchev–Trinajstić information content (AvgIpc) is 3.05. The molecule has 1 aromatic heterocycles. The monoisotopic (exact) mass is 287 g/mol. The summed E-state index contributed by atoms with van der Waals surface area (Å²) >= 11 is 0. The molecule has 0 radical (unpaired) electrons. The molecular weight excluding hydrogens is 270 g/mol. The Kier molecular flexibility index (Phi) is 3.47. The third-order valence-corrected chi connectivity index (χ3v) is 3.72. The van der Waals surface area contributed by atoms with Gasteiger partial charge in [0.15, 0.2) is 0 Å². The lowest BCUT2D eigenvalue weighted by Crippen LogP contribution is -2.25. The van der Waals surface area contributed by atoms with Crippen LogP contribution in [0.15, 0.2) is 22.6 Å². The maximum absolute atomic E-state index is 11.9. The summed E-state index contributed by atoms with van der Waals surface area (Å²) < 4.78 is 5.64. The lowest BCUT2D eigenvalue weighted by molar-refractivity contribution is -0.117. The van der Waals surface area contributed by atoms with E-state index in [-0.39, 0.29) is 24.4 Å². The molecule has 0 bridgehead atoms. The normalized spacial score (nSPS) is 18.5. The number of anilines is 1. The fourth-order valence-electron chi connectivity index (χ4n) is 2.58. The highest BCUT2D eigenvalue weighted by atomic mass is 16.4. The molecule has 1 amide bonds. The number of carbonyl (C=O) groups is 1. The first-order valence-electron chi connectivity index (χ1n) is 6.91. The van der Waals surface area contributed by atoms with Crippen LogP contribution in [0.2, 0.25) is 0 Å². The van der Waals surface area contributed by atoms with Gasteiger partial charge in [-0.05, 0) is 25.5 Å². The van der Waals surface area contributed by atoms with E-state index in [0.29, 0.717) is 18.9 Å². The van der Waals surface area contributed by atoms with Crippen molar-refractivity contribution in [1.29, 1.82) is 0 Å². The summed E-state index contributed by atoms with van der Waals surface area (Å²) in [6, 6.07) is 6.16. The lowest BCUT2D eigenvalue weighted by Gasteiger charge is -2.09. The Hall–Kier alpha value is -2.21. The van der Waals surface area contributed by atoms with Gasteiger partial charge in [-0.15, -0.1) is 5.10 Å². The van der Waals surface area contributed by atoms with Crippen molar-refractivity contribution in [3.8, 4) is 11.5 Å². The fourth-order valence-corrected chi connectivity index (χ4v) is 2.58. The maximum atomic E-state index is 11.9. The van der Waals surface area contributed by atoms with E-state index in [9.17, 15) is 4.79 Å². The van der Waals surface area contributed by atoms with Crippen LogP contribution in [0.4, 0.5) is 6.01 Å². The summed E-state index contributed by atoms with van der Waals surface area (Å²) in [6.07, 6.45) is 0.317. The second-order valence-electron chi connectivity index (χ2n) is 5.47. The van der Waals surface area contributed by atoms with E-state index in [0.717, 1.165) is 16.7 Å². The smallest absolute Gasteiger partial charge is 0.325 e. The summed E-state index contributed by atoms with van der Waals surface area (Å²) in [4.78, 5) is 13.3. The quantitative estimate of drug-likeness (QED) is 0.929. The van der Waals surface area contributed by atoms with Crippen molar-refractivity contribution in [3.63, 3.8) is 0 Å². The first-order chi connectivity index (χ1) is 10.1. The number of aryl methyl sites for hydroxylation is 2. The highest BCUT2D eigenvalue weighted by Crippen LogP contribution is 2.28. The highest BCUT2D eigenvalue weighted by molar-refractivity contribution is 5.93. The van der Waals surface area contributed by atoms with Crippen LogP contribution >= 0.6 is 0 Å². The summed E-state index contributed by atoms with van der Waals surface area (Å²) in [5.41, 5.74) is 3.08. The number of rotatable bonds is 3. The van der Waals surface area contributed by atoms with Crippen LogP contribution < -0.4 is 4.90 Å². The van der Waals surface area contributed by atoms with Gasteiger partial charge in [0.1, 0.15) is 0 Å². The first kappa shape index (κ1) is 13.8. The molecule has 1 aliphatic heterocycles. The molecule has 21 heavy (non-hydrogen) atoms. The molecule has 110 valence electrons. The zero-order chi connectivity index (χ0) is 15.0. The Bertz CT molecular complexity index is 681. The number of aliphatic hydroxyl groups is 1. The lowest BCUT2D eigenvalue weighted by atomic mass is 10.1. The van der Waals surface area contributed by atoms with Crippen LogP contribution in [0.5, 0.6) is 0 Å². The molecule has 3 rings (SSSR count). The van der Waals surface area contributed by atoms with Crippen molar-refractivity contribution >= 4 is 11.9 Å². The Morgan fingerprint density at radius 2 is 2.19 bits per heavy atom. The predicted molar refractivity (Wildman–Crippen MR) is 76.8 cm³/mol. The molecule has 1 unspecified atom stereocenters.